The molecule has 4 rings (SSSR count). The van der Waals surface area contributed by atoms with E-state index in [2.05, 4.69) is 33.7 Å². The molecule has 0 saturated carbocycles. The van der Waals surface area contributed by atoms with Crippen LogP contribution < -0.4 is 5.32 Å². The Morgan fingerprint density at radius 3 is 2.21 bits per heavy atom. The van der Waals surface area contributed by atoms with E-state index in [-0.39, 0.29) is 11.9 Å². The zero-order chi connectivity index (χ0) is 20.2. The van der Waals surface area contributed by atoms with Crippen LogP contribution in [0.5, 0.6) is 0 Å². The van der Waals surface area contributed by atoms with Crippen LogP contribution in [0.3, 0.4) is 0 Å². The van der Waals surface area contributed by atoms with E-state index in [1.165, 1.54) is 5.56 Å². The second-order valence-corrected chi connectivity index (χ2v) is 7.10. The first-order valence-electron chi connectivity index (χ1n) is 9.43. The number of rotatable bonds is 5. The van der Waals surface area contributed by atoms with Crippen molar-refractivity contribution in [3.8, 4) is 11.5 Å². The van der Waals surface area contributed by atoms with Gasteiger partial charge in [0.05, 0.1) is 0 Å². The first-order valence-corrected chi connectivity index (χ1v) is 9.43. The highest BCUT2D eigenvalue weighted by Gasteiger charge is 2.13. The zero-order valence-electron chi connectivity index (χ0n) is 16.3. The van der Waals surface area contributed by atoms with Gasteiger partial charge in [-0.3, -0.25) is 10.1 Å². The molecular formula is C24H21N3O2. The lowest BCUT2D eigenvalue weighted by Crippen LogP contribution is -2.12. The van der Waals surface area contributed by atoms with Crippen LogP contribution in [0.25, 0.3) is 11.5 Å². The molecule has 4 aromatic rings. The smallest absolute Gasteiger partial charge is 0.322 e. The van der Waals surface area contributed by atoms with Crippen molar-refractivity contribution < 1.29 is 9.21 Å². The van der Waals surface area contributed by atoms with Crippen molar-refractivity contribution in [3.63, 3.8) is 0 Å². The summed E-state index contributed by atoms with van der Waals surface area (Å²) in [5.41, 5.74) is 5.96. The van der Waals surface area contributed by atoms with E-state index < -0.39 is 0 Å². The van der Waals surface area contributed by atoms with Gasteiger partial charge in [0.15, 0.2) is 0 Å². The molecule has 0 atom stereocenters. The third-order valence-corrected chi connectivity index (χ3v) is 4.58. The van der Waals surface area contributed by atoms with Gasteiger partial charge < -0.3 is 4.42 Å². The van der Waals surface area contributed by atoms with E-state index >= 15 is 0 Å². The fourth-order valence-electron chi connectivity index (χ4n) is 3.26. The maximum Gasteiger partial charge on any atom is 0.322 e. The van der Waals surface area contributed by atoms with E-state index in [0.717, 1.165) is 28.7 Å². The van der Waals surface area contributed by atoms with Gasteiger partial charge in [-0.25, -0.2) is 0 Å². The van der Waals surface area contributed by atoms with Gasteiger partial charge in [-0.2, -0.15) is 0 Å². The highest BCUT2D eigenvalue weighted by atomic mass is 16.4. The van der Waals surface area contributed by atoms with Gasteiger partial charge in [-0.05, 0) is 55.7 Å². The summed E-state index contributed by atoms with van der Waals surface area (Å²) in [4.78, 5) is 12.5. The number of aryl methyl sites for hydroxylation is 2. The van der Waals surface area contributed by atoms with Gasteiger partial charge in [-0.1, -0.05) is 64.8 Å². The lowest BCUT2D eigenvalue weighted by Gasteiger charge is -2.04. The largest absolute Gasteiger partial charge is 0.403 e. The van der Waals surface area contributed by atoms with Crippen molar-refractivity contribution in [2.24, 2.45) is 0 Å². The Balaban J connectivity index is 1.43. The summed E-state index contributed by atoms with van der Waals surface area (Å²) in [5.74, 6) is 0.0946. The minimum Gasteiger partial charge on any atom is -0.403 e. The molecule has 1 amide bonds. The molecule has 0 unspecified atom stereocenters. The van der Waals surface area contributed by atoms with Crippen LogP contribution >= 0.6 is 0 Å². The number of carbonyl (C=O) groups excluding carboxylic acids is 1. The maximum atomic E-state index is 12.5. The summed E-state index contributed by atoms with van der Waals surface area (Å²) in [6.45, 7) is 4.02. The Morgan fingerprint density at radius 2 is 1.52 bits per heavy atom. The van der Waals surface area contributed by atoms with Gasteiger partial charge in [0.25, 0.3) is 5.91 Å². The monoisotopic (exact) mass is 383 g/mol. The van der Waals surface area contributed by atoms with Crippen molar-refractivity contribution >= 4 is 11.9 Å². The fourth-order valence-corrected chi connectivity index (χ4v) is 3.26. The lowest BCUT2D eigenvalue weighted by atomic mass is 10.0. The summed E-state index contributed by atoms with van der Waals surface area (Å²) in [5, 5.41) is 10.7. The highest BCUT2D eigenvalue weighted by molar-refractivity contribution is 6.03. The predicted molar refractivity (Wildman–Crippen MR) is 113 cm³/mol. The van der Waals surface area contributed by atoms with E-state index in [1.807, 2.05) is 56.3 Å². The van der Waals surface area contributed by atoms with Crippen molar-refractivity contribution in [1.29, 1.82) is 0 Å². The van der Waals surface area contributed by atoms with Crippen LogP contribution in [-0.2, 0) is 6.42 Å². The van der Waals surface area contributed by atoms with Crippen LogP contribution in [0.2, 0.25) is 0 Å². The van der Waals surface area contributed by atoms with Crippen LogP contribution in [0.1, 0.15) is 32.6 Å². The molecule has 0 saturated heterocycles. The Hall–Kier alpha value is -3.73. The summed E-state index contributed by atoms with van der Waals surface area (Å²) >= 11 is 0. The summed E-state index contributed by atoms with van der Waals surface area (Å²) in [6, 6.07) is 23.8. The fraction of sp³-hybridized carbons (Fsp3) is 0.125. The summed E-state index contributed by atoms with van der Waals surface area (Å²) < 4.78 is 5.62. The van der Waals surface area contributed by atoms with Crippen molar-refractivity contribution in [2.75, 3.05) is 5.32 Å². The topological polar surface area (TPSA) is 68.0 Å². The van der Waals surface area contributed by atoms with E-state index in [4.69, 9.17) is 4.42 Å². The molecule has 29 heavy (non-hydrogen) atoms. The normalized spacial score (nSPS) is 10.7. The molecule has 1 heterocycles. The third kappa shape index (κ3) is 4.58. The molecule has 1 N–H and O–H groups in total. The quantitative estimate of drug-likeness (QED) is 0.514. The van der Waals surface area contributed by atoms with Gasteiger partial charge in [-0.15, -0.1) is 5.10 Å². The maximum absolute atomic E-state index is 12.5. The molecule has 0 aliphatic heterocycles. The van der Waals surface area contributed by atoms with Gasteiger partial charge >= 0.3 is 6.01 Å². The minimum atomic E-state index is -0.285. The molecule has 5 nitrogen and oxygen atoms in total. The van der Waals surface area contributed by atoms with Crippen LogP contribution in [0.4, 0.5) is 6.01 Å². The molecular weight excluding hydrogens is 362 g/mol. The molecule has 0 spiro atoms. The van der Waals surface area contributed by atoms with Gasteiger partial charge in [0.2, 0.25) is 5.89 Å². The third-order valence-electron chi connectivity index (χ3n) is 4.58. The van der Waals surface area contributed by atoms with Crippen molar-refractivity contribution in [2.45, 2.75) is 20.3 Å². The molecule has 0 aliphatic carbocycles. The number of carbonyl (C=O) groups is 1. The van der Waals surface area contributed by atoms with E-state index in [0.29, 0.717) is 11.5 Å². The van der Waals surface area contributed by atoms with E-state index in [1.54, 1.807) is 12.1 Å². The van der Waals surface area contributed by atoms with Crippen LogP contribution in [0, 0.1) is 13.8 Å². The average molecular weight is 383 g/mol. The second kappa shape index (κ2) is 8.10. The second-order valence-electron chi connectivity index (χ2n) is 7.10. The lowest BCUT2D eigenvalue weighted by molar-refractivity contribution is 0.102. The average Bonchev–Trinajstić information content (AvgIpc) is 3.17. The number of anilines is 1. The highest BCUT2D eigenvalue weighted by Crippen LogP contribution is 2.22. The first kappa shape index (κ1) is 18.6. The molecule has 0 aliphatic rings. The minimum absolute atomic E-state index is 0.0810. The van der Waals surface area contributed by atoms with E-state index in [9.17, 15) is 4.79 Å². The molecule has 0 bridgehead atoms. The predicted octanol–water partition coefficient (Wildman–Crippen LogP) is 5.20. The summed E-state index contributed by atoms with van der Waals surface area (Å²) in [6.07, 6.45) is 0.825. The summed E-state index contributed by atoms with van der Waals surface area (Å²) in [7, 11) is 0. The number of nitrogens with zero attached hydrogens (tertiary/aromatic N) is 2. The molecule has 3 aromatic carbocycles. The Labute approximate surface area is 169 Å². The molecule has 144 valence electrons. The Morgan fingerprint density at radius 1 is 0.862 bits per heavy atom. The van der Waals surface area contributed by atoms with Crippen molar-refractivity contribution in [3.05, 3.63) is 101 Å². The number of hydrogen-bond donors (Lipinski definition) is 1. The molecule has 5 heteroatoms. The van der Waals surface area contributed by atoms with Gasteiger partial charge in [0, 0.05) is 11.1 Å². The number of nitrogens with one attached hydrogen (secondary N) is 1. The molecule has 0 radical (unpaired) electrons. The van der Waals surface area contributed by atoms with Crippen molar-refractivity contribution in [1.82, 2.24) is 10.2 Å². The number of benzene rings is 3. The standard InChI is InChI=1S/C24H21N3O2/c1-16-12-17(2)14-21(13-16)23-26-27-24(29-23)25-22(28)20-10-8-19(9-11-20)15-18-6-4-3-5-7-18/h3-14H,15H2,1-2H3,(H,25,27,28). The number of hydrogen-bond acceptors (Lipinski definition) is 4. The molecule has 0 fully saturated rings. The molecule has 1 aromatic heterocycles. The SMILES string of the molecule is Cc1cc(C)cc(-c2nnc(NC(=O)c3ccc(Cc4ccccc4)cc3)o2)c1. The Bertz CT molecular complexity index is 1110. The number of amides is 1. The van der Waals surface area contributed by atoms with Crippen LogP contribution in [0.15, 0.2) is 77.2 Å². The number of aromatic nitrogens is 2. The van der Waals surface area contributed by atoms with Gasteiger partial charge in [0.1, 0.15) is 0 Å². The Kier molecular flexibility index (Phi) is 5.20. The first-order chi connectivity index (χ1) is 14.1. The van der Waals surface area contributed by atoms with Crippen LogP contribution in [-0.4, -0.2) is 16.1 Å². The zero-order valence-corrected chi connectivity index (χ0v) is 16.3.